The van der Waals surface area contributed by atoms with E-state index in [-0.39, 0.29) is 12.6 Å². The predicted octanol–water partition coefficient (Wildman–Crippen LogP) is 1.54. The van der Waals surface area contributed by atoms with Crippen LogP contribution in [0.1, 0.15) is 46.0 Å². The molecule has 92 valence electrons. The Morgan fingerprint density at radius 2 is 1.67 bits per heavy atom. The lowest BCUT2D eigenvalue weighted by molar-refractivity contribution is 0.223. The Hall–Kier alpha value is -0.120. The zero-order chi connectivity index (χ0) is 11.5. The van der Waals surface area contributed by atoms with Crippen molar-refractivity contribution < 1.29 is 10.2 Å². The Morgan fingerprint density at radius 3 is 2.20 bits per heavy atom. The van der Waals surface area contributed by atoms with Gasteiger partial charge in [-0.25, -0.2) is 0 Å². The molecule has 0 fully saturated rings. The average molecular weight is 217 g/mol. The Bertz CT molecular complexity index is 129. The highest BCUT2D eigenvalue weighted by molar-refractivity contribution is 4.67. The van der Waals surface area contributed by atoms with E-state index in [0.29, 0.717) is 12.5 Å². The highest BCUT2D eigenvalue weighted by Gasteiger charge is 2.07. The molecule has 3 nitrogen and oxygen atoms in total. The standard InChI is InChI=1S/C12H27NO2/c1-11(2)9-12(10-15)13-7-5-3-4-6-8-14/h11-15H,3-10H2,1-2H3. The van der Waals surface area contributed by atoms with Crippen molar-refractivity contribution >= 4 is 0 Å². The average Bonchev–Trinajstić information content (AvgIpc) is 2.20. The van der Waals surface area contributed by atoms with Crippen molar-refractivity contribution in [2.45, 2.75) is 52.0 Å². The molecule has 0 saturated carbocycles. The molecule has 0 rings (SSSR count). The maximum atomic E-state index is 9.12. The molecule has 0 radical (unpaired) electrons. The summed E-state index contributed by atoms with van der Waals surface area (Å²) in [7, 11) is 0. The number of hydrogen-bond acceptors (Lipinski definition) is 3. The molecule has 1 unspecified atom stereocenters. The van der Waals surface area contributed by atoms with E-state index >= 15 is 0 Å². The fourth-order valence-corrected chi connectivity index (χ4v) is 1.69. The minimum absolute atomic E-state index is 0.231. The molecule has 3 heteroatoms. The highest BCUT2D eigenvalue weighted by atomic mass is 16.3. The largest absolute Gasteiger partial charge is 0.396 e. The summed E-state index contributed by atoms with van der Waals surface area (Å²) in [6.07, 6.45) is 5.34. The quantitative estimate of drug-likeness (QED) is 0.486. The van der Waals surface area contributed by atoms with E-state index in [9.17, 15) is 0 Å². The van der Waals surface area contributed by atoms with E-state index in [0.717, 1.165) is 38.6 Å². The summed E-state index contributed by atoms with van der Waals surface area (Å²) >= 11 is 0. The number of aliphatic hydroxyl groups is 2. The van der Waals surface area contributed by atoms with E-state index in [2.05, 4.69) is 19.2 Å². The maximum Gasteiger partial charge on any atom is 0.0584 e. The van der Waals surface area contributed by atoms with Gasteiger partial charge in [-0.2, -0.15) is 0 Å². The van der Waals surface area contributed by atoms with Crippen molar-refractivity contribution in [2.75, 3.05) is 19.8 Å². The minimum atomic E-state index is 0.231. The normalized spacial score (nSPS) is 13.4. The molecule has 0 amide bonds. The van der Waals surface area contributed by atoms with Gasteiger partial charge in [-0.1, -0.05) is 26.7 Å². The summed E-state index contributed by atoms with van der Waals surface area (Å²) in [5.74, 6) is 0.629. The highest BCUT2D eigenvalue weighted by Crippen LogP contribution is 2.04. The smallest absolute Gasteiger partial charge is 0.0584 e. The SMILES string of the molecule is CC(C)CC(CO)NCCCCCCO. The molecule has 0 aromatic carbocycles. The monoisotopic (exact) mass is 217 g/mol. The van der Waals surface area contributed by atoms with Crippen LogP contribution in [0.25, 0.3) is 0 Å². The van der Waals surface area contributed by atoms with Crippen molar-refractivity contribution in [1.82, 2.24) is 5.32 Å². The van der Waals surface area contributed by atoms with Crippen LogP contribution in [-0.2, 0) is 0 Å². The second-order valence-corrected chi connectivity index (χ2v) is 4.60. The summed E-state index contributed by atoms with van der Waals surface area (Å²) in [6.45, 7) is 5.86. The van der Waals surface area contributed by atoms with Crippen LogP contribution in [0, 0.1) is 5.92 Å². The van der Waals surface area contributed by atoms with Gasteiger partial charge in [-0.3, -0.25) is 0 Å². The predicted molar refractivity (Wildman–Crippen MR) is 63.9 cm³/mol. The van der Waals surface area contributed by atoms with Gasteiger partial charge in [0.25, 0.3) is 0 Å². The molecule has 0 bridgehead atoms. The van der Waals surface area contributed by atoms with Crippen LogP contribution in [0.5, 0.6) is 0 Å². The molecule has 1 atom stereocenters. The van der Waals surface area contributed by atoms with Gasteiger partial charge in [0, 0.05) is 12.6 Å². The van der Waals surface area contributed by atoms with Crippen molar-refractivity contribution in [1.29, 1.82) is 0 Å². The van der Waals surface area contributed by atoms with Gasteiger partial charge >= 0.3 is 0 Å². The van der Waals surface area contributed by atoms with E-state index in [1.54, 1.807) is 0 Å². The number of nitrogens with one attached hydrogen (secondary N) is 1. The van der Waals surface area contributed by atoms with Gasteiger partial charge in [0.05, 0.1) is 6.61 Å². The Morgan fingerprint density at radius 1 is 1.00 bits per heavy atom. The van der Waals surface area contributed by atoms with Crippen LogP contribution < -0.4 is 5.32 Å². The zero-order valence-corrected chi connectivity index (χ0v) is 10.2. The molecule has 0 aliphatic rings. The van der Waals surface area contributed by atoms with Crippen molar-refractivity contribution in [3.05, 3.63) is 0 Å². The number of unbranched alkanes of at least 4 members (excludes halogenated alkanes) is 3. The number of aliphatic hydroxyl groups excluding tert-OH is 2. The second kappa shape index (κ2) is 10.4. The van der Waals surface area contributed by atoms with Gasteiger partial charge in [0.15, 0.2) is 0 Å². The molecule has 0 saturated heterocycles. The fraction of sp³-hybridized carbons (Fsp3) is 1.00. The first kappa shape index (κ1) is 14.9. The van der Waals surface area contributed by atoms with Crippen LogP contribution in [0.4, 0.5) is 0 Å². The zero-order valence-electron chi connectivity index (χ0n) is 10.2. The van der Waals surface area contributed by atoms with E-state index in [1.165, 1.54) is 0 Å². The van der Waals surface area contributed by atoms with Crippen molar-refractivity contribution in [3.8, 4) is 0 Å². The molecule has 15 heavy (non-hydrogen) atoms. The Balaban J connectivity index is 3.30. The lowest BCUT2D eigenvalue weighted by atomic mass is 10.0. The number of hydrogen-bond donors (Lipinski definition) is 3. The van der Waals surface area contributed by atoms with Gasteiger partial charge in [0.2, 0.25) is 0 Å². The van der Waals surface area contributed by atoms with Crippen LogP contribution in [0.2, 0.25) is 0 Å². The Labute approximate surface area is 93.9 Å². The summed E-state index contributed by atoms with van der Waals surface area (Å²) < 4.78 is 0. The first-order valence-electron chi connectivity index (χ1n) is 6.15. The topological polar surface area (TPSA) is 52.5 Å². The van der Waals surface area contributed by atoms with E-state index in [4.69, 9.17) is 10.2 Å². The summed E-state index contributed by atoms with van der Waals surface area (Å²) in [4.78, 5) is 0. The molecule has 3 N–H and O–H groups in total. The maximum absolute atomic E-state index is 9.12. The molecule has 0 aliphatic carbocycles. The van der Waals surface area contributed by atoms with Gasteiger partial charge in [0.1, 0.15) is 0 Å². The van der Waals surface area contributed by atoms with Crippen LogP contribution in [0.15, 0.2) is 0 Å². The molecular formula is C12H27NO2. The van der Waals surface area contributed by atoms with Gasteiger partial charge in [-0.05, 0) is 31.7 Å². The molecule has 0 aromatic rings. The van der Waals surface area contributed by atoms with E-state index < -0.39 is 0 Å². The third-order valence-corrected chi connectivity index (χ3v) is 2.49. The summed E-state index contributed by atoms with van der Waals surface area (Å²) in [6, 6.07) is 0.253. The minimum Gasteiger partial charge on any atom is -0.396 e. The number of rotatable bonds is 10. The molecular weight excluding hydrogens is 190 g/mol. The molecule has 0 heterocycles. The summed E-state index contributed by atoms with van der Waals surface area (Å²) in [5, 5.41) is 21.1. The van der Waals surface area contributed by atoms with E-state index in [1.807, 2.05) is 0 Å². The second-order valence-electron chi connectivity index (χ2n) is 4.60. The molecule has 0 aromatic heterocycles. The van der Waals surface area contributed by atoms with Crippen molar-refractivity contribution in [3.63, 3.8) is 0 Å². The lowest BCUT2D eigenvalue weighted by Gasteiger charge is -2.18. The first-order chi connectivity index (χ1) is 7.20. The Kier molecular flexibility index (Phi) is 10.3. The third-order valence-electron chi connectivity index (χ3n) is 2.49. The van der Waals surface area contributed by atoms with Gasteiger partial charge < -0.3 is 15.5 Å². The lowest BCUT2D eigenvalue weighted by Crippen LogP contribution is -2.34. The third kappa shape index (κ3) is 10.2. The fourth-order valence-electron chi connectivity index (χ4n) is 1.69. The van der Waals surface area contributed by atoms with Crippen LogP contribution in [0.3, 0.4) is 0 Å². The molecule has 0 aliphatic heterocycles. The van der Waals surface area contributed by atoms with Crippen LogP contribution >= 0.6 is 0 Å². The van der Waals surface area contributed by atoms with Gasteiger partial charge in [-0.15, -0.1) is 0 Å². The summed E-state index contributed by atoms with van der Waals surface area (Å²) in [5.41, 5.74) is 0. The van der Waals surface area contributed by atoms with Crippen molar-refractivity contribution in [2.24, 2.45) is 5.92 Å². The van der Waals surface area contributed by atoms with Crippen LogP contribution in [-0.4, -0.2) is 36.0 Å². The first-order valence-corrected chi connectivity index (χ1v) is 6.15. The molecule has 0 spiro atoms.